The number of hydrogen-bond donors (Lipinski definition) is 1. The van der Waals surface area contributed by atoms with Crippen molar-refractivity contribution in [3.63, 3.8) is 0 Å². The summed E-state index contributed by atoms with van der Waals surface area (Å²) in [5.41, 5.74) is 4.61. The molecule has 0 atom stereocenters. The molecule has 0 heterocycles. The quantitative estimate of drug-likeness (QED) is 0.553. The van der Waals surface area contributed by atoms with Gasteiger partial charge in [-0.1, -0.05) is 64.1 Å². The van der Waals surface area contributed by atoms with E-state index in [1.165, 1.54) is 29.2 Å². The lowest BCUT2D eigenvalue weighted by molar-refractivity contribution is -0.137. The molecule has 0 bridgehead atoms. The zero-order valence-corrected chi connectivity index (χ0v) is 18.2. The standard InChI is InChI=1S/C26H31F3O/c1-24(2)13-14-25(3,4)23-15-18(11-12-22(23)24)7-5-9-20(17-30)19-8-6-10-21(16-19)26(27,28)29/h6,8-12,15-16,30H,5,7,13-14,17H2,1-4H3/b20-9+. The molecule has 0 fully saturated rings. The summed E-state index contributed by atoms with van der Waals surface area (Å²) in [6.07, 6.45) is 1.23. The van der Waals surface area contributed by atoms with E-state index in [1.54, 1.807) is 6.07 Å². The SMILES string of the molecule is CC1(C)CCC(C)(C)c2cc(CC/C=C(\CO)c3cccc(C(F)(F)F)c3)ccc21. The molecule has 162 valence electrons. The molecule has 1 aliphatic rings. The second-order valence-corrected chi connectivity index (χ2v) is 9.65. The van der Waals surface area contributed by atoms with Crippen LogP contribution in [0, 0.1) is 0 Å². The molecular weight excluding hydrogens is 385 g/mol. The first-order chi connectivity index (χ1) is 13.9. The third-order valence-electron chi connectivity index (χ3n) is 6.47. The van der Waals surface area contributed by atoms with Crippen molar-refractivity contribution >= 4 is 5.57 Å². The van der Waals surface area contributed by atoms with E-state index >= 15 is 0 Å². The fourth-order valence-corrected chi connectivity index (χ4v) is 4.37. The molecule has 2 aromatic rings. The van der Waals surface area contributed by atoms with E-state index in [0.717, 1.165) is 25.0 Å². The minimum atomic E-state index is -4.39. The maximum absolute atomic E-state index is 13.0. The van der Waals surface area contributed by atoms with Crippen molar-refractivity contribution in [2.24, 2.45) is 0 Å². The number of aryl methyl sites for hydroxylation is 1. The van der Waals surface area contributed by atoms with E-state index in [2.05, 4.69) is 45.9 Å². The largest absolute Gasteiger partial charge is 0.416 e. The number of fused-ring (bicyclic) bond motifs is 1. The van der Waals surface area contributed by atoms with Crippen LogP contribution in [0.15, 0.2) is 48.5 Å². The number of halogens is 3. The van der Waals surface area contributed by atoms with Gasteiger partial charge < -0.3 is 5.11 Å². The van der Waals surface area contributed by atoms with Crippen LogP contribution in [0.25, 0.3) is 5.57 Å². The molecule has 1 N–H and O–H groups in total. The van der Waals surface area contributed by atoms with Crippen LogP contribution < -0.4 is 0 Å². The van der Waals surface area contributed by atoms with Gasteiger partial charge >= 0.3 is 6.18 Å². The molecule has 0 amide bonds. The summed E-state index contributed by atoms with van der Waals surface area (Å²) >= 11 is 0. The first-order valence-electron chi connectivity index (χ1n) is 10.6. The van der Waals surface area contributed by atoms with Gasteiger partial charge in [0.05, 0.1) is 12.2 Å². The second kappa shape index (κ2) is 8.22. The summed E-state index contributed by atoms with van der Waals surface area (Å²) in [7, 11) is 0. The van der Waals surface area contributed by atoms with Crippen LogP contribution in [0.4, 0.5) is 13.2 Å². The Labute approximate surface area is 177 Å². The van der Waals surface area contributed by atoms with Crippen molar-refractivity contribution in [3.8, 4) is 0 Å². The highest BCUT2D eigenvalue weighted by Gasteiger charge is 2.36. The highest BCUT2D eigenvalue weighted by atomic mass is 19.4. The summed E-state index contributed by atoms with van der Waals surface area (Å²) in [5, 5.41) is 9.71. The van der Waals surface area contributed by atoms with Crippen LogP contribution in [0.3, 0.4) is 0 Å². The summed E-state index contributed by atoms with van der Waals surface area (Å²) in [6, 6.07) is 11.9. The molecule has 30 heavy (non-hydrogen) atoms. The van der Waals surface area contributed by atoms with Crippen LogP contribution in [0.2, 0.25) is 0 Å². The number of benzene rings is 2. The Morgan fingerprint density at radius 1 is 0.967 bits per heavy atom. The minimum Gasteiger partial charge on any atom is -0.392 e. The zero-order chi connectivity index (χ0) is 22.2. The minimum absolute atomic E-state index is 0.144. The number of aliphatic hydroxyl groups is 1. The predicted octanol–water partition coefficient (Wildman–Crippen LogP) is 7.06. The summed E-state index contributed by atoms with van der Waals surface area (Å²) in [6.45, 7) is 8.90. The summed E-state index contributed by atoms with van der Waals surface area (Å²) in [5.74, 6) is 0. The van der Waals surface area contributed by atoms with Crippen LogP contribution >= 0.6 is 0 Å². The van der Waals surface area contributed by atoms with Gasteiger partial charge in [-0.15, -0.1) is 0 Å². The maximum atomic E-state index is 13.0. The van der Waals surface area contributed by atoms with Gasteiger partial charge in [0, 0.05) is 0 Å². The van der Waals surface area contributed by atoms with Gasteiger partial charge in [0.15, 0.2) is 0 Å². The zero-order valence-electron chi connectivity index (χ0n) is 18.2. The third kappa shape index (κ3) is 4.80. The third-order valence-corrected chi connectivity index (χ3v) is 6.47. The van der Waals surface area contributed by atoms with E-state index in [9.17, 15) is 18.3 Å². The van der Waals surface area contributed by atoms with Crippen molar-refractivity contribution in [2.45, 2.75) is 70.4 Å². The van der Waals surface area contributed by atoms with Crippen LogP contribution in [-0.4, -0.2) is 11.7 Å². The van der Waals surface area contributed by atoms with Crippen molar-refractivity contribution in [1.82, 2.24) is 0 Å². The topological polar surface area (TPSA) is 20.2 Å². The molecule has 0 saturated carbocycles. The molecule has 0 radical (unpaired) electrons. The van der Waals surface area contributed by atoms with Crippen LogP contribution in [0.5, 0.6) is 0 Å². The lowest BCUT2D eigenvalue weighted by atomic mass is 9.63. The second-order valence-electron chi connectivity index (χ2n) is 9.65. The Kier molecular flexibility index (Phi) is 6.20. The first kappa shape index (κ1) is 22.6. The van der Waals surface area contributed by atoms with E-state index < -0.39 is 11.7 Å². The van der Waals surface area contributed by atoms with Crippen molar-refractivity contribution in [3.05, 3.63) is 76.4 Å². The number of aliphatic hydroxyl groups excluding tert-OH is 1. The fourth-order valence-electron chi connectivity index (χ4n) is 4.37. The molecule has 2 aromatic carbocycles. The first-order valence-corrected chi connectivity index (χ1v) is 10.6. The average molecular weight is 417 g/mol. The Morgan fingerprint density at radius 3 is 2.27 bits per heavy atom. The number of rotatable bonds is 5. The smallest absolute Gasteiger partial charge is 0.392 e. The highest BCUT2D eigenvalue weighted by molar-refractivity contribution is 5.66. The highest BCUT2D eigenvalue weighted by Crippen LogP contribution is 2.46. The van der Waals surface area contributed by atoms with Crippen molar-refractivity contribution < 1.29 is 18.3 Å². The lowest BCUT2D eigenvalue weighted by Crippen LogP contribution is -2.33. The maximum Gasteiger partial charge on any atom is 0.416 e. The molecule has 0 spiro atoms. The molecule has 1 aliphatic carbocycles. The lowest BCUT2D eigenvalue weighted by Gasteiger charge is -2.42. The van der Waals surface area contributed by atoms with Gasteiger partial charge in [0.1, 0.15) is 0 Å². The number of alkyl halides is 3. The Bertz CT molecular complexity index is 936. The predicted molar refractivity (Wildman–Crippen MR) is 117 cm³/mol. The molecule has 3 rings (SSSR count). The monoisotopic (exact) mass is 416 g/mol. The molecule has 0 aromatic heterocycles. The van der Waals surface area contributed by atoms with Gasteiger partial charge in [0.2, 0.25) is 0 Å². The molecule has 0 saturated heterocycles. The van der Waals surface area contributed by atoms with Crippen LogP contribution in [-0.2, 0) is 23.4 Å². The fraction of sp³-hybridized carbons (Fsp3) is 0.462. The molecule has 4 heteroatoms. The van der Waals surface area contributed by atoms with E-state index in [-0.39, 0.29) is 17.4 Å². The Hall–Kier alpha value is -2.07. The van der Waals surface area contributed by atoms with E-state index in [4.69, 9.17) is 0 Å². The average Bonchev–Trinajstić information content (AvgIpc) is 2.68. The normalized spacial score (nSPS) is 18.2. The summed E-state index contributed by atoms with van der Waals surface area (Å²) < 4.78 is 38.9. The number of hydrogen-bond acceptors (Lipinski definition) is 1. The summed E-state index contributed by atoms with van der Waals surface area (Å²) in [4.78, 5) is 0. The Balaban J connectivity index is 1.79. The van der Waals surface area contributed by atoms with E-state index in [1.807, 2.05) is 6.08 Å². The molecule has 0 aliphatic heterocycles. The van der Waals surface area contributed by atoms with Gasteiger partial charge in [-0.25, -0.2) is 0 Å². The van der Waals surface area contributed by atoms with Gasteiger partial charge in [-0.05, 0) is 76.5 Å². The molecule has 0 unspecified atom stereocenters. The number of allylic oxidation sites excluding steroid dienone is 1. The van der Waals surface area contributed by atoms with Crippen LogP contribution in [0.1, 0.15) is 74.8 Å². The van der Waals surface area contributed by atoms with Gasteiger partial charge in [0.25, 0.3) is 0 Å². The molecule has 1 nitrogen and oxygen atoms in total. The van der Waals surface area contributed by atoms with Crippen molar-refractivity contribution in [1.29, 1.82) is 0 Å². The van der Waals surface area contributed by atoms with E-state index in [0.29, 0.717) is 17.6 Å². The molecular formula is C26H31F3O. The van der Waals surface area contributed by atoms with Gasteiger partial charge in [-0.3, -0.25) is 0 Å². The van der Waals surface area contributed by atoms with Gasteiger partial charge in [-0.2, -0.15) is 13.2 Å². The van der Waals surface area contributed by atoms with Crippen molar-refractivity contribution in [2.75, 3.05) is 6.61 Å². The Morgan fingerprint density at radius 2 is 1.63 bits per heavy atom.